The van der Waals surface area contributed by atoms with Crippen LogP contribution in [0.25, 0.3) is 17.2 Å². The van der Waals surface area contributed by atoms with E-state index in [0.717, 1.165) is 42.5 Å². The van der Waals surface area contributed by atoms with Crippen LogP contribution in [-0.2, 0) is 4.84 Å². The Bertz CT molecular complexity index is 763. The van der Waals surface area contributed by atoms with Gasteiger partial charge in [0.1, 0.15) is 12.8 Å². The third kappa shape index (κ3) is 4.61. The molecule has 3 heteroatoms. The molecule has 138 valence electrons. The van der Waals surface area contributed by atoms with Crippen molar-refractivity contribution in [3.8, 4) is 11.1 Å². The zero-order valence-corrected chi connectivity index (χ0v) is 16.0. The predicted molar refractivity (Wildman–Crippen MR) is 110 cm³/mol. The zero-order chi connectivity index (χ0) is 18.8. The fourth-order valence-corrected chi connectivity index (χ4v) is 3.13. The Kier molecular flexibility index (Phi) is 8.10. The molecule has 0 radical (unpaired) electrons. The van der Waals surface area contributed by atoms with Gasteiger partial charge in [0.05, 0.1) is 0 Å². The summed E-state index contributed by atoms with van der Waals surface area (Å²) in [6.07, 6.45) is 8.48. The Morgan fingerprint density at radius 1 is 0.923 bits per heavy atom. The monoisotopic (exact) mass is 351 g/mol. The summed E-state index contributed by atoms with van der Waals surface area (Å²) in [4.78, 5) is 5.06. The maximum atomic E-state index is 8.79. The van der Waals surface area contributed by atoms with Crippen molar-refractivity contribution in [2.24, 2.45) is 5.16 Å². The van der Waals surface area contributed by atoms with Gasteiger partial charge >= 0.3 is 0 Å². The van der Waals surface area contributed by atoms with Crippen LogP contribution in [0.15, 0.2) is 53.7 Å². The van der Waals surface area contributed by atoms with Gasteiger partial charge in [-0.2, -0.15) is 0 Å². The molecule has 0 heterocycles. The van der Waals surface area contributed by atoms with Crippen molar-refractivity contribution in [2.75, 3.05) is 13.7 Å². The molecule has 3 rings (SSSR count). The lowest BCUT2D eigenvalue weighted by atomic mass is 10.0. The van der Waals surface area contributed by atoms with Crippen LogP contribution in [0.1, 0.15) is 56.2 Å². The van der Waals surface area contributed by atoms with Crippen LogP contribution in [0.4, 0.5) is 0 Å². The summed E-state index contributed by atoms with van der Waals surface area (Å²) in [5.41, 5.74) is 6.75. The van der Waals surface area contributed by atoms with Gasteiger partial charge in [0.2, 0.25) is 0 Å². The first kappa shape index (κ1) is 19.9. The first-order valence-corrected chi connectivity index (χ1v) is 9.48. The summed E-state index contributed by atoms with van der Waals surface area (Å²) in [7, 11) is 1.59. The number of hydrogen-bond donors (Lipinski definition) is 1. The number of aliphatic hydroxyl groups is 1. The molecule has 0 amide bonds. The topological polar surface area (TPSA) is 41.8 Å². The molecule has 0 aromatic heterocycles. The van der Waals surface area contributed by atoms with E-state index in [-0.39, 0.29) is 6.61 Å². The second kappa shape index (κ2) is 10.6. The molecule has 0 atom stereocenters. The van der Waals surface area contributed by atoms with Crippen molar-refractivity contribution in [2.45, 2.75) is 39.5 Å². The van der Waals surface area contributed by atoms with Crippen molar-refractivity contribution in [3.63, 3.8) is 0 Å². The minimum Gasteiger partial charge on any atom is -0.399 e. The molecule has 26 heavy (non-hydrogen) atoms. The van der Waals surface area contributed by atoms with Gasteiger partial charge < -0.3 is 9.94 Å². The number of rotatable bonds is 7. The molecule has 0 fully saturated rings. The van der Waals surface area contributed by atoms with Crippen molar-refractivity contribution in [3.05, 3.63) is 65.2 Å². The lowest BCUT2D eigenvalue weighted by Gasteiger charge is -2.02. The first-order valence-electron chi connectivity index (χ1n) is 9.48. The van der Waals surface area contributed by atoms with Crippen LogP contribution in [0, 0.1) is 0 Å². The number of allylic oxidation sites excluding steroid dienone is 1. The quantitative estimate of drug-likeness (QED) is 0.441. The second-order valence-corrected chi connectivity index (χ2v) is 5.95. The normalized spacial score (nSPS) is 13.3. The number of nitrogens with zero attached hydrogens (tertiary/aromatic N) is 1. The Hall–Kier alpha value is -2.39. The van der Waals surface area contributed by atoms with Crippen molar-refractivity contribution in [1.29, 1.82) is 0 Å². The summed E-state index contributed by atoms with van der Waals surface area (Å²) in [6.45, 7) is 4.29. The molecule has 2 aromatic rings. The fourth-order valence-electron chi connectivity index (χ4n) is 3.13. The van der Waals surface area contributed by atoms with Crippen LogP contribution in [0.3, 0.4) is 0 Å². The Morgan fingerprint density at radius 3 is 2.38 bits per heavy atom. The van der Waals surface area contributed by atoms with E-state index in [0.29, 0.717) is 0 Å². The molecule has 0 unspecified atom stereocenters. The van der Waals surface area contributed by atoms with Gasteiger partial charge in [-0.15, -0.1) is 0 Å². The summed E-state index contributed by atoms with van der Waals surface area (Å²) < 4.78 is 0. The SMILES string of the molecule is CC.CO/N=C1\c2ccccc2-c2ccc(/C=C/CCCCCO)cc21. The molecule has 2 aromatic carbocycles. The van der Waals surface area contributed by atoms with E-state index in [4.69, 9.17) is 9.94 Å². The average molecular weight is 351 g/mol. The minimum atomic E-state index is 0.288. The molecule has 3 nitrogen and oxygen atoms in total. The highest BCUT2D eigenvalue weighted by Crippen LogP contribution is 2.37. The van der Waals surface area contributed by atoms with Gasteiger partial charge in [-0.05, 0) is 42.0 Å². The molecule has 1 aliphatic rings. The molecule has 0 saturated heterocycles. The standard InChI is InChI=1S/C21H23NO2.C2H6/c1-24-22-21-19-11-7-6-10-17(19)18-13-12-16(15-20(18)21)9-5-3-2-4-8-14-23;1-2/h5-7,9-13,15,23H,2-4,8,14H2,1H3;1-2H3/b9-5+,22-21+;. The van der Waals surface area contributed by atoms with Crippen molar-refractivity contribution >= 4 is 11.8 Å². The molecule has 1 N–H and O–H groups in total. The molecule has 0 aliphatic heterocycles. The largest absolute Gasteiger partial charge is 0.399 e. The Labute approximate surface area is 157 Å². The highest BCUT2D eigenvalue weighted by Gasteiger charge is 2.25. The third-order valence-electron chi connectivity index (χ3n) is 4.29. The molecular formula is C23H29NO2. The summed E-state index contributed by atoms with van der Waals surface area (Å²) in [5, 5.41) is 13.0. The maximum Gasteiger partial charge on any atom is 0.118 e. The Balaban J connectivity index is 0.00000117. The van der Waals surface area contributed by atoms with Crippen LogP contribution in [-0.4, -0.2) is 24.5 Å². The summed E-state index contributed by atoms with van der Waals surface area (Å²) in [5.74, 6) is 0. The average Bonchev–Trinajstić information content (AvgIpc) is 3.00. The van der Waals surface area contributed by atoms with E-state index in [1.807, 2.05) is 19.9 Å². The molecule has 0 spiro atoms. The van der Waals surface area contributed by atoms with Crippen LogP contribution in [0.5, 0.6) is 0 Å². The van der Waals surface area contributed by atoms with Gasteiger partial charge in [0.15, 0.2) is 0 Å². The van der Waals surface area contributed by atoms with E-state index in [2.05, 4.69) is 53.7 Å². The lowest BCUT2D eigenvalue weighted by Crippen LogP contribution is -1.99. The van der Waals surface area contributed by atoms with E-state index < -0.39 is 0 Å². The van der Waals surface area contributed by atoms with Gasteiger partial charge in [-0.3, -0.25) is 0 Å². The van der Waals surface area contributed by atoms with Crippen LogP contribution in [0.2, 0.25) is 0 Å². The minimum absolute atomic E-state index is 0.288. The van der Waals surface area contributed by atoms with Crippen LogP contribution < -0.4 is 0 Å². The number of fused-ring (bicyclic) bond motifs is 3. The van der Waals surface area contributed by atoms with Gasteiger partial charge in [0.25, 0.3) is 0 Å². The second-order valence-electron chi connectivity index (χ2n) is 5.95. The molecule has 0 saturated carbocycles. The third-order valence-corrected chi connectivity index (χ3v) is 4.29. The van der Waals surface area contributed by atoms with E-state index >= 15 is 0 Å². The van der Waals surface area contributed by atoms with Gasteiger partial charge in [-0.25, -0.2) is 0 Å². The summed E-state index contributed by atoms with van der Waals surface area (Å²) in [6, 6.07) is 14.8. The highest BCUT2D eigenvalue weighted by molar-refractivity contribution is 6.24. The fraction of sp³-hybridized carbons (Fsp3) is 0.348. The molecular weight excluding hydrogens is 322 g/mol. The number of oxime groups is 1. The predicted octanol–water partition coefficient (Wildman–Crippen LogP) is 5.66. The maximum absolute atomic E-state index is 8.79. The molecule has 1 aliphatic carbocycles. The van der Waals surface area contributed by atoms with Crippen LogP contribution >= 0.6 is 0 Å². The number of hydrogen-bond acceptors (Lipinski definition) is 3. The van der Waals surface area contributed by atoms with Crippen molar-refractivity contribution < 1.29 is 9.94 Å². The van der Waals surface area contributed by atoms with E-state index in [1.54, 1.807) is 7.11 Å². The smallest absolute Gasteiger partial charge is 0.118 e. The Morgan fingerprint density at radius 2 is 1.65 bits per heavy atom. The number of aliphatic hydroxyl groups excluding tert-OH is 1. The van der Waals surface area contributed by atoms with Gasteiger partial charge in [-0.1, -0.05) is 74.0 Å². The summed E-state index contributed by atoms with van der Waals surface area (Å²) >= 11 is 0. The van der Waals surface area contributed by atoms with E-state index in [1.165, 1.54) is 16.7 Å². The molecule has 0 bridgehead atoms. The van der Waals surface area contributed by atoms with E-state index in [9.17, 15) is 0 Å². The highest BCUT2D eigenvalue weighted by atomic mass is 16.6. The van der Waals surface area contributed by atoms with Gasteiger partial charge in [0, 0.05) is 17.7 Å². The van der Waals surface area contributed by atoms with Crippen molar-refractivity contribution in [1.82, 2.24) is 0 Å². The lowest BCUT2D eigenvalue weighted by molar-refractivity contribution is 0.214. The number of benzene rings is 2. The number of unbranched alkanes of at least 4 members (excludes halogenated alkanes) is 3. The zero-order valence-electron chi connectivity index (χ0n) is 16.0. The first-order chi connectivity index (χ1) is 12.8.